The molecule has 0 spiro atoms. The number of hydrogen-bond acceptors (Lipinski definition) is 5. The molecule has 2 rings (SSSR count). The average molecular weight is 420 g/mol. The molecule has 0 radical (unpaired) electrons. The van der Waals surface area contributed by atoms with Crippen LogP contribution in [0, 0.1) is 6.92 Å². The summed E-state index contributed by atoms with van der Waals surface area (Å²) < 4.78 is 16.1. The van der Waals surface area contributed by atoms with Crippen molar-refractivity contribution in [3.05, 3.63) is 52.5 Å². The first-order chi connectivity index (χ1) is 13.8. The van der Waals surface area contributed by atoms with Crippen molar-refractivity contribution in [2.24, 2.45) is 0 Å². The summed E-state index contributed by atoms with van der Waals surface area (Å²) in [7, 11) is 0. The van der Waals surface area contributed by atoms with E-state index in [1.807, 2.05) is 39.8 Å². The number of esters is 1. The first kappa shape index (κ1) is 22.6. The molecular formula is C22H26ClNO5. The number of amides is 1. The molecule has 0 aliphatic carbocycles. The highest BCUT2D eigenvalue weighted by molar-refractivity contribution is 6.31. The smallest absolute Gasteiger partial charge is 0.344 e. The number of nitrogens with one attached hydrogen (secondary N) is 1. The molecule has 156 valence electrons. The van der Waals surface area contributed by atoms with Crippen molar-refractivity contribution < 1.29 is 23.8 Å². The van der Waals surface area contributed by atoms with Crippen LogP contribution in [0.4, 0.5) is 5.69 Å². The Morgan fingerprint density at radius 2 is 1.79 bits per heavy atom. The maximum atomic E-state index is 12.1. The molecule has 0 atom stereocenters. The molecule has 1 N–H and O–H groups in total. The van der Waals surface area contributed by atoms with Gasteiger partial charge in [-0.15, -0.1) is 0 Å². The highest BCUT2D eigenvalue weighted by atomic mass is 35.5. The van der Waals surface area contributed by atoms with Crippen molar-refractivity contribution in [2.75, 3.05) is 25.1 Å². The average Bonchev–Trinajstić information content (AvgIpc) is 2.68. The molecule has 2 aromatic rings. The lowest BCUT2D eigenvalue weighted by Crippen LogP contribution is -2.24. The summed E-state index contributed by atoms with van der Waals surface area (Å²) in [5, 5.41) is 3.31. The van der Waals surface area contributed by atoms with E-state index in [1.165, 1.54) is 0 Å². The number of anilines is 1. The minimum absolute atomic E-state index is 0.176. The first-order valence-electron chi connectivity index (χ1n) is 9.42. The van der Waals surface area contributed by atoms with Crippen LogP contribution in [0.1, 0.15) is 37.8 Å². The predicted octanol–water partition coefficient (Wildman–Crippen LogP) is 4.73. The molecule has 29 heavy (non-hydrogen) atoms. The molecule has 0 aliphatic rings. The molecular weight excluding hydrogens is 394 g/mol. The van der Waals surface area contributed by atoms with Crippen molar-refractivity contribution in [3.8, 4) is 11.5 Å². The molecule has 0 saturated carbocycles. The molecule has 0 bridgehead atoms. The number of carbonyl (C=O) groups is 2. The van der Waals surface area contributed by atoms with Crippen LogP contribution in [0.3, 0.4) is 0 Å². The van der Waals surface area contributed by atoms with E-state index < -0.39 is 18.5 Å². The second-order valence-electron chi connectivity index (χ2n) is 6.72. The number of halogens is 1. The van der Waals surface area contributed by atoms with Crippen molar-refractivity contribution >= 4 is 29.2 Å². The van der Waals surface area contributed by atoms with Gasteiger partial charge in [-0.1, -0.05) is 37.6 Å². The number of rotatable bonds is 9. The van der Waals surface area contributed by atoms with Gasteiger partial charge in [-0.05, 0) is 55.2 Å². The van der Waals surface area contributed by atoms with E-state index in [2.05, 4.69) is 5.32 Å². The zero-order chi connectivity index (χ0) is 21.4. The normalized spacial score (nSPS) is 10.6. The van der Waals surface area contributed by atoms with Gasteiger partial charge in [0.1, 0.15) is 11.5 Å². The third kappa shape index (κ3) is 6.68. The standard InChI is InChI=1S/C22H26ClNO5/c1-5-27-19-9-7-6-8-18(19)24-21(25)12-29-22(26)13-28-20-10-15(4)17(23)11-16(20)14(2)3/h6-11,14H,5,12-13H2,1-4H3,(H,24,25). The van der Waals surface area contributed by atoms with Crippen LogP contribution in [0.2, 0.25) is 5.02 Å². The zero-order valence-corrected chi connectivity index (χ0v) is 17.8. The second kappa shape index (κ2) is 10.7. The van der Waals surface area contributed by atoms with Crippen LogP contribution in [-0.4, -0.2) is 31.7 Å². The maximum absolute atomic E-state index is 12.1. The fourth-order valence-electron chi connectivity index (χ4n) is 2.61. The summed E-state index contributed by atoms with van der Waals surface area (Å²) in [6.45, 7) is 7.49. The Kier molecular flexibility index (Phi) is 8.34. The van der Waals surface area contributed by atoms with E-state index >= 15 is 0 Å². The number of hydrogen-bond donors (Lipinski definition) is 1. The topological polar surface area (TPSA) is 73.9 Å². The summed E-state index contributed by atoms with van der Waals surface area (Å²) in [6, 6.07) is 10.7. The maximum Gasteiger partial charge on any atom is 0.344 e. The van der Waals surface area contributed by atoms with Crippen molar-refractivity contribution in [3.63, 3.8) is 0 Å². The Balaban J connectivity index is 1.88. The van der Waals surface area contributed by atoms with Gasteiger partial charge in [0.25, 0.3) is 5.91 Å². The summed E-state index contributed by atoms with van der Waals surface area (Å²) in [5.41, 5.74) is 2.27. The number of para-hydroxylation sites is 2. The van der Waals surface area contributed by atoms with E-state index in [0.717, 1.165) is 11.1 Å². The number of ether oxygens (including phenoxy) is 3. The molecule has 0 aliphatic heterocycles. The minimum atomic E-state index is -0.638. The van der Waals surface area contributed by atoms with Gasteiger partial charge in [-0.25, -0.2) is 4.79 Å². The molecule has 7 heteroatoms. The lowest BCUT2D eigenvalue weighted by atomic mass is 10.0. The van der Waals surface area contributed by atoms with Gasteiger partial charge in [0, 0.05) is 5.02 Å². The van der Waals surface area contributed by atoms with Crippen LogP contribution < -0.4 is 14.8 Å². The lowest BCUT2D eigenvalue weighted by Gasteiger charge is -2.15. The number of benzene rings is 2. The Bertz CT molecular complexity index is 866. The first-order valence-corrected chi connectivity index (χ1v) is 9.79. The third-order valence-electron chi connectivity index (χ3n) is 4.08. The fourth-order valence-corrected chi connectivity index (χ4v) is 2.78. The highest BCUT2D eigenvalue weighted by Gasteiger charge is 2.14. The molecule has 2 aromatic carbocycles. The largest absolute Gasteiger partial charge is 0.492 e. The van der Waals surface area contributed by atoms with E-state index in [0.29, 0.717) is 28.8 Å². The highest BCUT2D eigenvalue weighted by Crippen LogP contribution is 2.32. The van der Waals surface area contributed by atoms with E-state index in [-0.39, 0.29) is 12.5 Å². The Morgan fingerprint density at radius 1 is 1.07 bits per heavy atom. The van der Waals surface area contributed by atoms with Crippen LogP contribution in [0.25, 0.3) is 0 Å². The quantitative estimate of drug-likeness (QED) is 0.594. The summed E-state index contributed by atoms with van der Waals surface area (Å²) in [6.07, 6.45) is 0. The zero-order valence-electron chi connectivity index (χ0n) is 17.1. The minimum Gasteiger partial charge on any atom is -0.492 e. The van der Waals surface area contributed by atoms with Gasteiger partial charge in [0.15, 0.2) is 13.2 Å². The van der Waals surface area contributed by atoms with Gasteiger partial charge in [-0.3, -0.25) is 4.79 Å². The van der Waals surface area contributed by atoms with Gasteiger partial charge in [0.05, 0.1) is 12.3 Å². The Morgan fingerprint density at radius 3 is 2.48 bits per heavy atom. The molecule has 0 aromatic heterocycles. The second-order valence-corrected chi connectivity index (χ2v) is 7.13. The lowest BCUT2D eigenvalue weighted by molar-refractivity contribution is -0.149. The Labute approximate surface area is 176 Å². The monoisotopic (exact) mass is 419 g/mol. The molecule has 0 saturated heterocycles. The summed E-state index contributed by atoms with van der Waals surface area (Å²) in [4.78, 5) is 24.1. The Hall–Kier alpha value is -2.73. The molecule has 0 fully saturated rings. The van der Waals surface area contributed by atoms with Crippen molar-refractivity contribution in [2.45, 2.75) is 33.6 Å². The van der Waals surface area contributed by atoms with Gasteiger partial charge >= 0.3 is 5.97 Å². The fraction of sp³-hybridized carbons (Fsp3) is 0.364. The van der Waals surface area contributed by atoms with Gasteiger partial charge < -0.3 is 19.5 Å². The molecule has 1 amide bonds. The summed E-state index contributed by atoms with van der Waals surface area (Å²) in [5.74, 6) is 0.206. The predicted molar refractivity (Wildman–Crippen MR) is 113 cm³/mol. The van der Waals surface area contributed by atoms with Crippen LogP contribution in [0.5, 0.6) is 11.5 Å². The van der Waals surface area contributed by atoms with Crippen molar-refractivity contribution in [1.29, 1.82) is 0 Å². The van der Waals surface area contributed by atoms with E-state index in [4.69, 9.17) is 25.8 Å². The molecule has 0 unspecified atom stereocenters. The van der Waals surface area contributed by atoms with E-state index in [1.54, 1.807) is 24.3 Å². The van der Waals surface area contributed by atoms with Crippen LogP contribution >= 0.6 is 11.6 Å². The van der Waals surface area contributed by atoms with Gasteiger partial charge in [0.2, 0.25) is 0 Å². The van der Waals surface area contributed by atoms with Crippen molar-refractivity contribution in [1.82, 2.24) is 0 Å². The summed E-state index contributed by atoms with van der Waals surface area (Å²) >= 11 is 6.17. The number of carbonyl (C=O) groups excluding carboxylic acids is 2. The van der Waals surface area contributed by atoms with Crippen LogP contribution in [0.15, 0.2) is 36.4 Å². The van der Waals surface area contributed by atoms with Crippen LogP contribution in [-0.2, 0) is 14.3 Å². The number of aryl methyl sites for hydroxylation is 1. The van der Waals surface area contributed by atoms with E-state index in [9.17, 15) is 9.59 Å². The van der Waals surface area contributed by atoms with Gasteiger partial charge in [-0.2, -0.15) is 0 Å². The molecule has 6 nitrogen and oxygen atoms in total. The SMILES string of the molecule is CCOc1ccccc1NC(=O)COC(=O)COc1cc(C)c(Cl)cc1C(C)C. The third-order valence-corrected chi connectivity index (χ3v) is 4.49. The molecule has 0 heterocycles.